The Balaban J connectivity index is 2.97. The molecule has 4 nitrogen and oxygen atoms in total. The fourth-order valence-electron chi connectivity index (χ4n) is 1.56. The van der Waals surface area contributed by atoms with E-state index in [1.54, 1.807) is 0 Å². The largest absolute Gasteiger partial charge is 0.481 e. The normalized spacial score (nSPS) is 40.2. The summed E-state index contributed by atoms with van der Waals surface area (Å²) in [4.78, 5) is 21.5. The van der Waals surface area contributed by atoms with Crippen molar-refractivity contribution < 1.29 is 19.8 Å². The quantitative estimate of drug-likeness (QED) is 0.650. The van der Waals surface area contributed by atoms with Gasteiger partial charge in [-0.1, -0.05) is 0 Å². The van der Waals surface area contributed by atoms with Gasteiger partial charge in [-0.2, -0.15) is 0 Å². The van der Waals surface area contributed by atoms with Crippen LogP contribution in [0.3, 0.4) is 0 Å². The van der Waals surface area contributed by atoms with Gasteiger partial charge in [-0.25, -0.2) is 0 Å². The fraction of sp³-hybridized carbons (Fsp3) is 0.750. The predicted molar refractivity (Wildman–Crippen MR) is 40.7 cm³/mol. The molecule has 0 heterocycles. The molecule has 1 saturated carbocycles. The summed E-state index contributed by atoms with van der Waals surface area (Å²) in [5.74, 6) is -2.03. The Hall–Kier alpha value is -1.06. The van der Waals surface area contributed by atoms with Gasteiger partial charge in [0.05, 0.1) is 10.8 Å². The minimum atomic E-state index is -1.08. The molecule has 1 rings (SSSR count). The molecule has 1 fully saturated rings. The van der Waals surface area contributed by atoms with E-state index in [2.05, 4.69) is 0 Å². The lowest BCUT2D eigenvalue weighted by Gasteiger charge is -2.49. The van der Waals surface area contributed by atoms with Gasteiger partial charge in [0.2, 0.25) is 0 Å². The first-order chi connectivity index (χ1) is 5.34. The van der Waals surface area contributed by atoms with Gasteiger partial charge in [-0.3, -0.25) is 9.59 Å². The zero-order valence-electron chi connectivity index (χ0n) is 7.13. The molecule has 0 radical (unpaired) electrons. The van der Waals surface area contributed by atoms with Crippen molar-refractivity contribution in [3.05, 3.63) is 0 Å². The molecule has 0 saturated heterocycles. The van der Waals surface area contributed by atoms with Crippen molar-refractivity contribution in [2.24, 2.45) is 10.8 Å². The third-order valence-electron chi connectivity index (χ3n) is 3.29. The Labute approximate surface area is 70.2 Å². The molecule has 0 aromatic rings. The van der Waals surface area contributed by atoms with Crippen LogP contribution in [-0.2, 0) is 9.59 Å². The maximum Gasteiger partial charge on any atom is 0.310 e. The summed E-state index contributed by atoms with van der Waals surface area (Å²) in [6, 6.07) is 0. The minimum Gasteiger partial charge on any atom is -0.481 e. The van der Waals surface area contributed by atoms with Crippen LogP contribution in [0.15, 0.2) is 0 Å². The van der Waals surface area contributed by atoms with E-state index in [9.17, 15) is 9.59 Å². The summed E-state index contributed by atoms with van der Waals surface area (Å²) in [5, 5.41) is 17.6. The van der Waals surface area contributed by atoms with E-state index in [0.29, 0.717) is 12.8 Å². The molecule has 0 unspecified atom stereocenters. The Bertz CT molecular complexity index is 221. The Morgan fingerprint density at radius 1 is 1.00 bits per heavy atom. The van der Waals surface area contributed by atoms with E-state index >= 15 is 0 Å². The van der Waals surface area contributed by atoms with Crippen molar-refractivity contribution in [3.8, 4) is 0 Å². The van der Waals surface area contributed by atoms with Crippen LogP contribution < -0.4 is 0 Å². The molecule has 0 aliphatic heterocycles. The lowest BCUT2D eigenvalue weighted by molar-refractivity contribution is -0.187. The van der Waals surface area contributed by atoms with E-state index in [1.165, 1.54) is 13.8 Å². The average molecular weight is 172 g/mol. The number of aliphatic carboxylic acids is 2. The van der Waals surface area contributed by atoms with Crippen molar-refractivity contribution in [1.82, 2.24) is 0 Å². The molecule has 2 N–H and O–H groups in total. The highest BCUT2D eigenvalue weighted by molar-refractivity contribution is 5.88. The SMILES string of the molecule is C[C@@]1(C(=O)O)CC[C@]1(C)C(=O)O. The first kappa shape index (κ1) is 9.03. The van der Waals surface area contributed by atoms with Gasteiger partial charge in [-0.15, -0.1) is 0 Å². The van der Waals surface area contributed by atoms with Crippen molar-refractivity contribution in [2.45, 2.75) is 26.7 Å². The highest BCUT2D eigenvalue weighted by Gasteiger charge is 2.62. The van der Waals surface area contributed by atoms with Crippen LogP contribution in [0.5, 0.6) is 0 Å². The third kappa shape index (κ3) is 0.777. The molecule has 2 atom stereocenters. The summed E-state index contributed by atoms with van der Waals surface area (Å²) in [5.41, 5.74) is -2.17. The molecule has 0 bridgehead atoms. The van der Waals surface area contributed by atoms with Crippen molar-refractivity contribution >= 4 is 11.9 Å². The number of carboxylic acid groups (broad SMARTS) is 2. The Kier molecular flexibility index (Phi) is 1.67. The fourth-order valence-corrected chi connectivity index (χ4v) is 1.56. The number of hydrogen-bond acceptors (Lipinski definition) is 2. The molecule has 1 aliphatic rings. The van der Waals surface area contributed by atoms with Gasteiger partial charge in [0, 0.05) is 0 Å². The summed E-state index contributed by atoms with van der Waals surface area (Å²) in [7, 11) is 0. The van der Waals surface area contributed by atoms with Crippen molar-refractivity contribution in [3.63, 3.8) is 0 Å². The molecular formula is C8H12O4. The van der Waals surface area contributed by atoms with E-state index in [0.717, 1.165) is 0 Å². The molecular weight excluding hydrogens is 160 g/mol. The second-order valence-electron chi connectivity index (χ2n) is 3.77. The van der Waals surface area contributed by atoms with E-state index in [1.807, 2.05) is 0 Å². The molecule has 0 aromatic carbocycles. The Morgan fingerprint density at radius 3 is 1.33 bits per heavy atom. The average Bonchev–Trinajstić information content (AvgIpc) is 1.98. The number of rotatable bonds is 2. The van der Waals surface area contributed by atoms with E-state index < -0.39 is 22.8 Å². The van der Waals surface area contributed by atoms with E-state index in [-0.39, 0.29) is 0 Å². The predicted octanol–water partition coefficient (Wildman–Crippen LogP) is 0.962. The highest BCUT2D eigenvalue weighted by atomic mass is 16.4. The molecule has 1 aliphatic carbocycles. The van der Waals surface area contributed by atoms with Crippen LogP contribution in [0.2, 0.25) is 0 Å². The molecule has 4 heteroatoms. The standard InChI is InChI=1S/C8H12O4/c1-7(5(9)10)3-4-8(7,2)6(11)12/h3-4H2,1-2H3,(H,9,10)(H,11,12)/t7-,8+. The number of carboxylic acids is 2. The maximum atomic E-state index is 10.8. The molecule has 68 valence electrons. The zero-order valence-corrected chi connectivity index (χ0v) is 7.13. The highest BCUT2D eigenvalue weighted by Crippen LogP contribution is 2.56. The molecule has 0 spiro atoms. The lowest BCUT2D eigenvalue weighted by Crippen LogP contribution is -2.56. The minimum absolute atomic E-state index is 0.450. The smallest absolute Gasteiger partial charge is 0.310 e. The van der Waals surface area contributed by atoms with Gasteiger partial charge >= 0.3 is 11.9 Å². The van der Waals surface area contributed by atoms with E-state index in [4.69, 9.17) is 10.2 Å². The van der Waals surface area contributed by atoms with Gasteiger partial charge in [-0.05, 0) is 26.7 Å². The van der Waals surface area contributed by atoms with Gasteiger partial charge < -0.3 is 10.2 Å². The molecule has 12 heavy (non-hydrogen) atoms. The summed E-state index contributed by atoms with van der Waals surface area (Å²) < 4.78 is 0. The first-order valence-corrected chi connectivity index (χ1v) is 3.81. The van der Waals surface area contributed by atoms with Crippen molar-refractivity contribution in [2.75, 3.05) is 0 Å². The van der Waals surface area contributed by atoms with Gasteiger partial charge in [0.15, 0.2) is 0 Å². The first-order valence-electron chi connectivity index (χ1n) is 3.81. The summed E-state index contributed by atoms with van der Waals surface area (Å²) in [6.07, 6.45) is 0.899. The topological polar surface area (TPSA) is 74.6 Å². The zero-order chi connectivity index (χ0) is 9.57. The number of carbonyl (C=O) groups is 2. The third-order valence-corrected chi connectivity index (χ3v) is 3.29. The summed E-state index contributed by atoms with van der Waals surface area (Å²) >= 11 is 0. The second kappa shape index (κ2) is 2.21. The van der Waals surface area contributed by atoms with Gasteiger partial charge in [0.25, 0.3) is 0 Å². The van der Waals surface area contributed by atoms with Crippen molar-refractivity contribution in [1.29, 1.82) is 0 Å². The lowest BCUT2D eigenvalue weighted by atomic mass is 9.51. The van der Waals surface area contributed by atoms with Crippen LogP contribution in [0.4, 0.5) is 0 Å². The van der Waals surface area contributed by atoms with Gasteiger partial charge in [0.1, 0.15) is 0 Å². The van der Waals surface area contributed by atoms with Crippen LogP contribution in [0.1, 0.15) is 26.7 Å². The number of hydrogen-bond donors (Lipinski definition) is 2. The maximum absolute atomic E-state index is 10.8. The summed E-state index contributed by atoms with van der Waals surface area (Å²) in [6.45, 7) is 2.99. The second-order valence-corrected chi connectivity index (χ2v) is 3.77. The van der Waals surface area contributed by atoms with Crippen LogP contribution in [0.25, 0.3) is 0 Å². The Morgan fingerprint density at radius 2 is 1.25 bits per heavy atom. The van der Waals surface area contributed by atoms with Crippen LogP contribution in [0, 0.1) is 10.8 Å². The monoisotopic (exact) mass is 172 g/mol. The molecule has 0 amide bonds. The van der Waals surface area contributed by atoms with Crippen LogP contribution in [-0.4, -0.2) is 22.2 Å². The molecule has 0 aromatic heterocycles. The van der Waals surface area contributed by atoms with Crippen LogP contribution >= 0.6 is 0 Å².